The molecule has 0 aliphatic heterocycles. The standard InChI is InChI=1S/C10H13ClN2O3S/c1-7-5-9(11)8(6-13-7)10(14)12-3-4-17(2,15)16/h5-6H,3-4H2,1-2H3,(H,12,14). The summed E-state index contributed by atoms with van der Waals surface area (Å²) in [6.45, 7) is 1.82. The maximum absolute atomic E-state index is 11.6. The number of amides is 1. The number of nitrogens with one attached hydrogen (secondary N) is 1. The van der Waals surface area contributed by atoms with E-state index in [4.69, 9.17) is 11.6 Å². The van der Waals surface area contributed by atoms with Gasteiger partial charge in [-0.3, -0.25) is 9.78 Å². The number of aromatic nitrogens is 1. The number of hydrogen-bond acceptors (Lipinski definition) is 4. The van der Waals surface area contributed by atoms with Crippen molar-refractivity contribution in [2.45, 2.75) is 6.92 Å². The predicted molar refractivity (Wildman–Crippen MR) is 66.0 cm³/mol. The van der Waals surface area contributed by atoms with Crippen molar-refractivity contribution < 1.29 is 13.2 Å². The molecule has 5 nitrogen and oxygen atoms in total. The minimum absolute atomic E-state index is 0.0574. The fraction of sp³-hybridized carbons (Fsp3) is 0.400. The molecule has 0 aliphatic rings. The summed E-state index contributed by atoms with van der Waals surface area (Å²) < 4.78 is 21.7. The number of carbonyl (C=O) groups excluding carboxylic acids is 1. The van der Waals surface area contributed by atoms with E-state index in [1.165, 1.54) is 6.20 Å². The topological polar surface area (TPSA) is 76.1 Å². The Labute approximate surface area is 105 Å². The molecule has 94 valence electrons. The summed E-state index contributed by atoms with van der Waals surface area (Å²) in [6.07, 6.45) is 2.48. The van der Waals surface area contributed by atoms with Crippen LogP contribution >= 0.6 is 11.6 Å². The maximum atomic E-state index is 11.6. The van der Waals surface area contributed by atoms with Gasteiger partial charge in [-0.05, 0) is 13.0 Å². The number of carbonyl (C=O) groups is 1. The minimum atomic E-state index is -3.08. The molecule has 0 bridgehead atoms. The van der Waals surface area contributed by atoms with E-state index in [0.29, 0.717) is 10.7 Å². The first-order valence-corrected chi connectivity index (χ1v) is 7.31. The number of halogens is 1. The number of hydrogen-bond donors (Lipinski definition) is 1. The van der Waals surface area contributed by atoms with Gasteiger partial charge in [0, 0.05) is 24.7 Å². The predicted octanol–water partition coefficient (Wildman–Crippen LogP) is 0.818. The van der Waals surface area contributed by atoms with Gasteiger partial charge < -0.3 is 5.32 Å². The normalized spacial score (nSPS) is 11.2. The summed E-state index contributed by atoms with van der Waals surface area (Å²) in [7, 11) is -3.08. The van der Waals surface area contributed by atoms with Gasteiger partial charge in [0.2, 0.25) is 0 Å². The number of sulfone groups is 1. The molecule has 0 saturated carbocycles. The molecule has 0 unspecified atom stereocenters. The average Bonchev–Trinajstić information content (AvgIpc) is 2.15. The molecule has 0 fully saturated rings. The van der Waals surface area contributed by atoms with Gasteiger partial charge in [-0.15, -0.1) is 0 Å². The van der Waals surface area contributed by atoms with Crippen LogP contribution in [0.3, 0.4) is 0 Å². The molecule has 7 heteroatoms. The number of nitrogens with zero attached hydrogens (tertiary/aromatic N) is 1. The van der Waals surface area contributed by atoms with Crippen molar-refractivity contribution in [3.05, 3.63) is 28.5 Å². The monoisotopic (exact) mass is 276 g/mol. The molecule has 0 saturated heterocycles. The van der Waals surface area contributed by atoms with Crippen molar-refractivity contribution in [1.82, 2.24) is 10.3 Å². The van der Waals surface area contributed by atoms with Crippen molar-refractivity contribution in [1.29, 1.82) is 0 Å². The van der Waals surface area contributed by atoms with E-state index < -0.39 is 15.7 Å². The molecule has 0 radical (unpaired) electrons. The first-order chi connectivity index (χ1) is 7.79. The summed E-state index contributed by atoms with van der Waals surface area (Å²) >= 11 is 5.87. The number of aryl methyl sites for hydroxylation is 1. The molecule has 17 heavy (non-hydrogen) atoms. The van der Waals surface area contributed by atoms with Gasteiger partial charge in [-0.2, -0.15) is 0 Å². The Kier molecular flexibility index (Phi) is 4.47. The van der Waals surface area contributed by atoms with Crippen molar-refractivity contribution in [2.75, 3.05) is 18.6 Å². The van der Waals surface area contributed by atoms with E-state index in [9.17, 15) is 13.2 Å². The molecular weight excluding hydrogens is 264 g/mol. The lowest BCUT2D eigenvalue weighted by Crippen LogP contribution is -2.29. The zero-order valence-corrected chi connectivity index (χ0v) is 11.1. The second-order valence-electron chi connectivity index (χ2n) is 3.69. The number of pyridine rings is 1. The molecular formula is C10H13ClN2O3S. The third kappa shape index (κ3) is 4.70. The van der Waals surface area contributed by atoms with Crippen molar-refractivity contribution in [3.8, 4) is 0 Å². The Morgan fingerprint density at radius 2 is 2.18 bits per heavy atom. The van der Waals surface area contributed by atoms with Crippen LogP contribution in [-0.2, 0) is 9.84 Å². The van der Waals surface area contributed by atoms with E-state index in [0.717, 1.165) is 6.26 Å². The van der Waals surface area contributed by atoms with Gasteiger partial charge in [0.25, 0.3) is 5.91 Å². The van der Waals surface area contributed by atoms with Crippen LogP contribution in [0.4, 0.5) is 0 Å². The molecule has 1 aromatic rings. The molecule has 1 rings (SSSR count). The van der Waals surface area contributed by atoms with Gasteiger partial charge in [0.1, 0.15) is 9.84 Å². The van der Waals surface area contributed by atoms with Crippen LogP contribution in [0.2, 0.25) is 5.02 Å². The highest BCUT2D eigenvalue weighted by Crippen LogP contribution is 2.15. The Hall–Kier alpha value is -1.14. The summed E-state index contributed by atoms with van der Waals surface area (Å²) in [6, 6.07) is 1.58. The van der Waals surface area contributed by atoms with Gasteiger partial charge in [-0.1, -0.05) is 11.6 Å². The third-order valence-corrected chi connectivity index (χ3v) is 3.25. The van der Waals surface area contributed by atoms with E-state index in [1.54, 1.807) is 13.0 Å². The quantitative estimate of drug-likeness (QED) is 0.883. The van der Waals surface area contributed by atoms with Gasteiger partial charge in [-0.25, -0.2) is 8.42 Å². The first kappa shape index (κ1) is 13.9. The summed E-state index contributed by atoms with van der Waals surface area (Å²) in [5.74, 6) is -0.526. The average molecular weight is 277 g/mol. The second kappa shape index (κ2) is 5.46. The van der Waals surface area contributed by atoms with E-state index in [2.05, 4.69) is 10.3 Å². The fourth-order valence-corrected chi connectivity index (χ4v) is 1.90. The van der Waals surface area contributed by atoms with Crippen LogP contribution in [0.25, 0.3) is 0 Å². The van der Waals surface area contributed by atoms with Crippen LogP contribution in [0.15, 0.2) is 12.3 Å². The molecule has 0 aromatic carbocycles. The smallest absolute Gasteiger partial charge is 0.254 e. The van der Waals surface area contributed by atoms with Crippen LogP contribution in [-0.4, -0.2) is 37.9 Å². The molecule has 0 spiro atoms. The summed E-state index contributed by atoms with van der Waals surface area (Å²) in [5, 5.41) is 2.77. The Bertz CT molecular complexity index is 528. The minimum Gasteiger partial charge on any atom is -0.351 e. The Morgan fingerprint density at radius 1 is 1.53 bits per heavy atom. The van der Waals surface area contributed by atoms with E-state index in [-0.39, 0.29) is 17.9 Å². The van der Waals surface area contributed by atoms with E-state index >= 15 is 0 Å². The van der Waals surface area contributed by atoms with Crippen molar-refractivity contribution in [2.24, 2.45) is 0 Å². The lowest BCUT2D eigenvalue weighted by atomic mass is 10.2. The zero-order valence-electron chi connectivity index (χ0n) is 9.53. The fourth-order valence-electron chi connectivity index (χ4n) is 1.14. The van der Waals surface area contributed by atoms with E-state index in [1.807, 2.05) is 0 Å². The summed E-state index contributed by atoms with van der Waals surface area (Å²) in [5.41, 5.74) is 0.952. The molecule has 0 atom stereocenters. The lowest BCUT2D eigenvalue weighted by molar-refractivity contribution is 0.0956. The van der Waals surface area contributed by atoms with Gasteiger partial charge in [0.05, 0.1) is 16.3 Å². The van der Waals surface area contributed by atoms with Crippen molar-refractivity contribution >= 4 is 27.3 Å². The van der Waals surface area contributed by atoms with Crippen LogP contribution < -0.4 is 5.32 Å². The summed E-state index contributed by atoms with van der Waals surface area (Å²) in [4.78, 5) is 15.6. The number of rotatable bonds is 4. The first-order valence-electron chi connectivity index (χ1n) is 4.87. The van der Waals surface area contributed by atoms with Crippen LogP contribution in [0.1, 0.15) is 16.1 Å². The highest BCUT2D eigenvalue weighted by molar-refractivity contribution is 7.90. The SMILES string of the molecule is Cc1cc(Cl)c(C(=O)NCCS(C)(=O)=O)cn1. The Morgan fingerprint density at radius 3 is 2.71 bits per heavy atom. The second-order valence-corrected chi connectivity index (χ2v) is 6.36. The Balaban J connectivity index is 2.65. The zero-order chi connectivity index (χ0) is 13.1. The molecule has 0 aliphatic carbocycles. The van der Waals surface area contributed by atoms with Crippen molar-refractivity contribution in [3.63, 3.8) is 0 Å². The maximum Gasteiger partial charge on any atom is 0.254 e. The third-order valence-electron chi connectivity index (χ3n) is 1.99. The van der Waals surface area contributed by atoms with Crippen LogP contribution in [0.5, 0.6) is 0 Å². The van der Waals surface area contributed by atoms with Gasteiger partial charge >= 0.3 is 0 Å². The molecule has 1 N–H and O–H groups in total. The molecule has 1 amide bonds. The molecule has 1 heterocycles. The van der Waals surface area contributed by atoms with Gasteiger partial charge in [0.15, 0.2) is 0 Å². The van der Waals surface area contributed by atoms with Crippen LogP contribution in [0, 0.1) is 6.92 Å². The molecule has 1 aromatic heterocycles. The lowest BCUT2D eigenvalue weighted by Gasteiger charge is -2.06. The largest absolute Gasteiger partial charge is 0.351 e. The highest BCUT2D eigenvalue weighted by Gasteiger charge is 2.11. The highest BCUT2D eigenvalue weighted by atomic mass is 35.5.